The molecule has 0 bridgehead atoms. The van der Waals surface area contributed by atoms with Crippen LogP contribution in [-0.4, -0.2) is 6.54 Å². The van der Waals surface area contributed by atoms with Crippen LogP contribution in [-0.2, 0) is 0 Å². The third kappa shape index (κ3) is 3.77. The molecule has 1 heterocycles. The topological polar surface area (TPSA) is 52.0 Å². The number of hydrogen-bond acceptors (Lipinski definition) is 3. The van der Waals surface area contributed by atoms with Crippen molar-refractivity contribution in [2.24, 2.45) is 11.5 Å². The quantitative estimate of drug-likeness (QED) is 0.802. The van der Waals surface area contributed by atoms with E-state index in [1.807, 2.05) is 6.07 Å². The van der Waals surface area contributed by atoms with Crippen LogP contribution in [0.3, 0.4) is 0 Å². The Labute approximate surface area is 91.4 Å². The van der Waals surface area contributed by atoms with E-state index in [-0.39, 0.29) is 6.04 Å². The average Bonchev–Trinajstić information content (AvgIpc) is 2.52. The van der Waals surface area contributed by atoms with Crippen LogP contribution in [0.4, 0.5) is 0 Å². The van der Waals surface area contributed by atoms with E-state index in [0.717, 1.165) is 29.6 Å². The molecular formula is C9H15BrN2S. The van der Waals surface area contributed by atoms with Gasteiger partial charge in [-0.15, -0.1) is 11.3 Å². The molecule has 13 heavy (non-hydrogen) atoms. The van der Waals surface area contributed by atoms with Crippen LogP contribution in [0.15, 0.2) is 15.9 Å². The summed E-state index contributed by atoms with van der Waals surface area (Å²) in [5.74, 6) is 0. The molecule has 0 aromatic carbocycles. The van der Waals surface area contributed by atoms with Gasteiger partial charge in [0.25, 0.3) is 0 Å². The van der Waals surface area contributed by atoms with Gasteiger partial charge in [0.2, 0.25) is 0 Å². The third-order valence-corrected chi connectivity index (χ3v) is 3.68. The Bertz CT molecular complexity index is 250. The van der Waals surface area contributed by atoms with Crippen LogP contribution < -0.4 is 11.5 Å². The van der Waals surface area contributed by atoms with E-state index >= 15 is 0 Å². The Hall–Kier alpha value is 0.1000. The Morgan fingerprint density at radius 2 is 2.15 bits per heavy atom. The first-order chi connectivity index (χ1) is 6.24. The molecule has 0 aliphatic heterocycles. The summed E-state index contributed by atoms with van der Waals surface area (Å²) in [6.07, 6.45) is 3.22. The SMILES string of the molecule is NCCCC[C@H](N)c1ccc(Br)s1. The fraction of sp³-hybridized carbons (Fsp3) is 0.556. The lowest BCUT2D eigenvalue weighted by atomic mass is 10.1. The monoisotopic (exact) mass is 262 g/mol. The van der Waals surface area contributed by atoms with E-state index in [1.165, 1.54) is 4.88 Å². The Kier molecular flexibility index (Phi) is 4.94. The van der Waals surface area contributed by atoms with Crippen molar-refractivity contribution in [3.8, 4) is 0 Å². The molecule has 0 unspecified atom stereocenters. The van der Waals surface area contributed by atoms with Gasteiger partial charge >= 0.3 is 0 Å². The molecule has 0 spiro atoms. The van der Waals surface area contributed by atoms with Crippen LogP contribution in [0.2, 0.25) is 0 Å². The Balaban J connectivity index is 2.35. The molecule has 1 atom stereocenters. The van der Waals surface area contributed by atoms with Crippen LogP contribution in [0, 0.1) is 0 Å². The van der Waals surface area contributed by atoms with Gasteiger partial charge in [-0.3, -0.25) is 0 Å². The minimum Gasteiger partial charge on any atom is -0.330 e. The van der Waals surface area contributed by atoms with Crippen LogP contribution in [0.1, 0.15) is 30.2 Å². The first kappa shape index (κ1) is 11.2. The third-order valence-electron chi connectivity index (χ3n) is 1.93. The van der Waals surface area contributed by atoms with Crippen LogP contribution >= 0.6 is 27.3 Å². The number of thiophene rings is 1. The summed E-state index contributed by atoms with van der Waals surface area (Å²) in [6, 6.07) is 4.31. The number of nitrogens with two attached hydrogens (primary N) is 2. The van der Waals surface area contributed by atoms with Crippen molar-refractivity contribution in [2.75, 3.05) is 6.54 Å². The van der Waals surface area contributed by atoms with Gasteiger partial charge in [0.15, 0.2) is 0 Å². The molecule has 0 aliphatic carbocycles. The fourth-order valence-electron chi connectivity index (χ4n) is 1.18. The highest BCUT2D eigenvalue weighted by Crippen LogP contribution is 2.28. The molecule has 4 heteroatoms. The van der Waals surface area contributed by atoms with Gasteiger partial charge in [-0.25, -0.2) is 0 Å². The molecule has 0 fully saturated rings. The highest BCUT2D eigenvalue weighted by atomic mass is 79.9. The van der Waals surface area contributed by atoms with Crippen molar-refractivity contribution < 1.29 is 0 Å². The maximum absolute atomic E-state index is 6.00. The highest BCUT2D eigenvalue weighted by molar-refractivity contribution is 9.11. The van der Waals surface area contributed by atoms with Crippen molar-refractivity contribution in [3.05, 3.63) is 20.8 Å². The maximum Gasteiger partial charge on any atom is 0.0701 e. The smallest absolute Gasteiger partial charge is 0.0701 e. The standard InChI is InChI=1S/C9H15BrN2S/c10-9-5-4-8(13-9)7(12)3-1-2-6-11/h4-5,7H,1-3,6,11-12H2/t7-/m0/s1. The molecule has 0 saturated carbocycles. The second-order valence-corrected chi connectivity index (χ2v) is 5.53. The van der Waals surface area contributed by atoms with Crippen molar-refractivity contribution >= 4 is 27.3 Å². The van der Waals surface area contributed by atoms with Crippen molar-refractivity contribution in [3.63, 3.8) is 0 Å². The summed E-state index contributed by atoms with van der Waals surface area (Å²) in [5, 5.41) is 0. The van der Waals surface area contributed by atoms with E-state index in [1.54, 1.807) is 11.3 Å². The van der Waals surface area contributed by atoms with Gasteiger partial charge in [0.1, 0.15) is 0 Å². The van der Waals surface area contributed by atoms with E-state index in [9.17, 15) is 0 Å². The number of unbranched alkanes of at least 4 members (excludes halogenated alkanes) is 1. The summed E-state index contributed by atoms with van der Waals surface area (Å²) in [7, 11) is 0. The molecule has 4 N–H and O–H groups in total. The van der Waals surface area contributed by atoms with E-state index in [4.69, 9.17) is 11.5 Å². The number of hydrogen-bond donors (Lipinski definition) is 2. The predicted molar refractivity (Wildman–Crippen MR) is 61.9 cm³/mol. The van der Waals surface area contributed by atoms with Crippen molar-refractivity contribution in [1.29, 1.82) is 0 Å². The molecule has 1 aromatic heterocycles. The molecular weight excluding hydrogens is 248 g/mol. The molecule has 0 aliphatic rings. The highest BCUT2D eigenvalue weighted by Gasteiger charge is 2.07. The van der Waals surface area contributed by atoms with E-state index in [2.05, 4.69) is 22.0 Å². The largest absolute Gasteiger partial charge is 0.330 e. The van der Waals surface area contributed by atoms with Gasteiger partial charge < -0.3 is 11.5 Å². The Morgan fingerprint density at radius 3 is 2.69 bits per heavy atom. The van der Waals surface area contributed by atoms with Gasteiger partial charge in [0.05, 0.1) is 3.79 Å². The zero-order valence-corrected chi connectivity index (χ0v) is 9.90. The minimum absolute atomic E-state index is 0.183. The summed E-state index contributed by atoms with van der Waals surface area (Å²) in [4.78, 5) is 1.25. The first-order valence-corrected chi connectivity index (χ1v) is 6.06. The molecule has 0 saturated heterocycles. The molecule has 0 amide bonds. The average molecular weight is 263 g/mol. The molecule has 1 aromatic rings. The first-order valence-electron chi connectivity index (χ1n) is 4.45. The summed E-state index contributed by atoms with van der Waals surface area (Å²) >= 11 is 5.14. The van der Waals surface area contributed by atoms with Gasteiger partial charge in [-0.2, -0.15) is 0 Å². The van der Waals surface area contributed by atoms with E-state index in [0.29, 0.717) is 0 Å². The van der Waals surface area contributed by atoms with Gasteiger partial charge in [0, 0.05) is 10.9 Å². The summed E-state index contributed by atoms with van der Waals surface area (Å²) in [6.45, 7) is 0.765. The number of halogens is 1. The summed E-state index contributed by atoms with van der Waals surface area (Å²) < 4.78 is 1.15. The van der Waals surface area contributed by atoms with Crippen molar-refractivity contribution in [1.82, 2.24) is 0 Å². The lowest BCUT2D eigenvalue weighted by molar-refractivity contribution is 0.598. The number of rotatable bonds is 5. The zero-order valence-electron chi connectivity index (χ0n) is 7.50. The van der Waals surface area contributed by atoms with Gasteiger partial charge in [-0.05, 0) is 47.4 Å². The zero-order chi connectivity index (χ0) is 9.68. The lowest BCUT2D eigenvalue weighted by Gasteiger charge is -2.07. The molecule has 74 valence electrons. The van der Waals surface area contributed by atoms with E-state index < -0.39 is 0 Å². The van der Waals surface area contributed by atoms with Gasteiger partial charge in [-0.1, -0.05) is 6.42 Å². The molecule has 2 nitrogen and oxygen atoms in total. The lowest BCUT2D eigenvalue weighted by Crippen LogP contribution is -2.09. The maximum atomic E-state index is 6.00. The second kappa shape index (κ2) is 5.75. The molecule has 0 radical (unpaired) electrons. The normalized spacial score (nSPS) is 13.2. The Morgan fingerprint density at radius 1 is 1.38 bits per heavy atom. The summed E-state index contributed by atoms with van der Waals surface area (Å²) in [5.41, 5.74) is 11.4. The van der Waals surface area contributed by atoms with Crippen LogP contribution in [0.25, 0.3) is 0 Å². The minimum atomic E-state index is 0.183. The van der Waals surface area contributed by atoms with Crippen LogP contribution in [0.5, 0.6) is 0 Å². The molecule has 1 rings (SSSR count). The predicted octanol–water partition coefficient (Wildman–Crippen LogP) is 2.64. The fourth-order valence-corrected chi connectivity index (χ4v) is 2.64. The van der Waals surface area contributed by atoms with Crippen molar-refractivity contribution in [2.45, 2.75) is 25.3 Å². The second-order valence-electron chi connectivity index (χ2n) is 3.03.